The number of carboxylic acid groups (broad SMARTS) is 2. The Hall–Kier alpha value is -3.70. The molecule has 0 radical (unpaired) electrons. The quantitative estimate of drug-likeness (QED) is 0.320. The Morgan fingerprint density at radius 2 is 1.37 bits per heavy atom. The lowest BCUT2D eigenvalue weighted by molar-refractivity contribution is -0.138. The van der Waals surface area contributed by atoms with Crippen LogP contribution in [0.15, 0.2) is 60.3 Å². The number of hydrogen-bond donors (Lipinski definition) is 4. The van der Waals surface area contributed by atoms with E-state index in [1.807, 2.05) is 0 Å². The molecule has 0 spiro atoms. The van der Waals surface area contributed by atoms with Gasteiger partial charge in [0.1, 0.15) is 5.70 Å². The molecule has 2 rings (SSSR count). The third-order valence-electron chi connectivity index (χ3n) is 3.18. The van der Waals surface area contributed by atoms with Gasteiger partial charge in [0.2, 0.25) is 0 Å². The van der Waals surface area contributed by atoms with Crippen molar-refractivity contribution >= 4 is 23.3 Å². The van der Waals surface area contributed by atoms with Crippen molar-refractivity contribution in [3.63, 3.8) is 0 Å². The molecule has 0 saturated carbocycles. The van der Waals surface area contributed by atoms with E-state index in [1.54, 1.807) is 0 Å². The second kappa shape index (κ2) is 9.67. The van der Waals surface area contributed by atoms with Crippen LogP contribution in [-0.2, 0) is 21.9 Å². The van der Waals surface area contributed by atoms with Gasteiger partial charge in [-0.3, -0.25) is 0 Å². The number of rotatable bonds is 4. The van der Waals surface area contributed by atoms with E-state index in [2.05, 4.69) is 5.32 Å². The van der Waals surface area contributed by atoms with Crippen LogP contribution in [0.4, 0.5) is 37.7 Å². The zero-order valence-electron chi connectivity index (χ0n) is 14.8. The van der Waals surface area contributed by atoms with E-state index < -0.39 is 41.1 Å². The van der Waals surface area contributed by atoms with E-state index in [0.29, 0.717) is 12.1 Å². The van der Waals surface area contributed by atoms with Crippen molar-refractivity contribution in [2.24, 2.45) is 0 Å². The first-order valence-electron chi connectivity index (χ1n) is 7.75. The third-order valence-corrected chi connectivity index (χ3v) is 3.18. The van der Waals surface area contributed by atoms with Gasteiger partial charge in [-0.2, -0.15) is 26.3 Å². The van der Waals surface area contributed by atoms with Crippen LogP contribution >= 0.6 is 0 Å². The molecule has 5 N–H and O–H groups in total. The maximum absolute atomic E-state index is 12.4. The van der Waals surface area contributed by atoms with Crippen molar-refractivity contribution < 1.29 is 46.1 Å². The van der Waals surface area contributed by atoms with Gasteiger partial charge in [0.05, 0.1) is 17.2 Å². The lowest BCUT2D eigenvalue weighted by Gasteiger charge is -2.10. The summed E-state index contributed by atoms with van der Waals surface area (Å²) in [5.41, 5.74) is 2.68. The zero-order chi connectivity index (χ0) is 23.1. The summed E-state index contributed by atoms with van der Waals surface area (Å²) >= 11 is 0. The molecule has 0 heterocycles. The number of aliphatic carboxylic acids is 2. The minimum atomic E-state index is -4.57. The molecule has 0 aliphatic carbocycles. The standard InChI is InChI=1S/C11H8F3NO4.C7H6F3N/c12-11(13,14)6-2-1-3-7(4-6)15-8(10(18)19)5-9(16)17;8-7(9,10)5-2-1-3-6(11)4-5/h1-5,15H,(H,16,17)(H,18,19);1-4H,11H2. The molecule has 0 unspecified atom stereocenters. The molecule has 12 heteroatoms. The molecular weight excluding hydrogens is 422 g/mol. The lowest BCUT2D eigenvalue weighted by Crippen LogP contribution is -2.13. The number of carboxylic acids is 2. The van der Waals surface area contributed by atoms with Gasteiger partial charge in [-0.15, -0.1) is 0 Å². The minimum Gasteiger partial charge on any atom is -0.478 e. The molecule has 0 aliphatic heterocycles. The topological polar surface area (TPSA) is 113 Å². The number of nitrogens with one attached hydrogen (secondary N) is 1. The summed E-state index contributed by atoms with van der Waals surface area (Å²) in [5.74, 6) is -3.13. The summed E-state index contributed by atoms with van der Waals surface area (Å²) in [6, 6.07) is 8.33. The molecule has 30 heavy (non-hydrogen) atoms. The molecule has 6 nitrogen and oxygen atoms in total. The third kappa shape index (κ3) is 8.12. The Kier molecular flexibility index (Phi) is 7.85. The first kappa shape index (κ1) is 24.3. The maximum Gasteiger partial charge on any atom is 0.416 e. The highest BCUT2D eigenvalue weighted by Gasteiger charge is 2.31. The Labute approximate surface area is 165 Å². The van der Waals surface area contributed by atoms with Gasteiger partial charge in [-0.1, -0.05) is 12.1 Å². The molecule has 0 aliphatic rings. The number of anilines is 2. The highest BCUT2D eigenvalue weighted by molar-refractivity contribution is 5.97. The Bertz CT molecular complexity index is 939. The molecule has 162 valence electrons. The second-order valence-corrected chi connectivity index (χ2v) is 5.53. The zero-order valence-corrected chi connectivity index (χ0v) is 14.8. The SMILES string of the molecule is Nc1cccc(C(F)(F)F)c1.O=C(O)C=C(Nc1cccc(C(F)(F)F)c1)C(=O)O. The van der Waals surface area contributed by atoms with Gasteiger partial charge in [0.15, 0.2) is 0 Å². The molecule has 2 aromatic rings. The van der Waals surface area contributed by atoms with Crippen LogP contribution in [-0.4, -0.2) is 22.2 Å². The van der Waals surface area contributed by atoms with E-state index >= 15 is 0 Å². The summed E-state index contributed by atoms with van der Waals surface area (Å²) in [5, 5.41) is 19.2. The van der Waals surface area contributed by atoms with Gasteiger partial charge in [-0.25, -0.2) is 9.59 Å². The van der Waals surface area contributed by atoms with Crippen molar-refractivity contribution in [2.75, 3.05) is 11.1 Å². The summed E-state index contributed by atoms with van der Waals surface area (Å²) in [6.07, 6.45) is -8.52. The second-order valence-electron chi connectivity index (χ2n) is 5.53. The summed E-state index contributed by atoms with van der Waals surface area (Å²) in [6.45, 7) is 0. The first-order valence-corrected chi connectivity index (χ1v) is 7.75. The van der Waals surface area contributed by atoms with Crippen molar-refractivity contribution in [2.45, 2.75) is 12.4 Å². The van der Waals surface area contributed by atoms with Crippen LogP contribution in [0, 0.1) is 0 Å². The van der Waals surface area contributed by atoms with Gasteiger partial charge >= 0.3 is 24.3 Å². The first-order chi connectivity index (χ1) is 13.7. The van der Waals surface area contributed by atoms with E-state index in [1.165, 1.54) is 18.2 Å². The molecule has 2 aromatic carbocycles. The molecule has 0 atom stereocenters. The fraction of sp³-hybridized carbons (Fsp3) is 0.111. The number of benzene rings is 2. The molecular formula is C18H14F6N2O4. The normalized spacial score (nSPS) is 11.9. The monoisotopic (exact) mass is 436 g/mol. The molecule has 0 bridgehead atoms. The van der Waals surface area contributed by atoms with E-state index in [0.717, 1.165) is 24.3 Å². The maximum atomic E-state index is 12.4. The van der Waals surface area contributed by atoms with Crippen LogP contribution in [0.1, 0.15) is 11.1 Å². The number of carbonyl (C=O) groups is 2. The largest absolute Gasteiger partial charge is 0.478 e. The number of halogens is 6. The number of alkyl halides is 6. The Morgan fingerprint density at radius 1 is 0.867 bits per heavy atom. The van der Waals surface area contributed by atoms with Crippen molar-refractivity contribution in [1.29, 1.82) is 0 Å². The van der Waals surface area contributed by atoms with Crippen LogP contribution in [0.3, 0.4) is 0 Å². The summed E-state index contributed by atoms with van der Waals surface area (Å²) < 4.78 is 73.0. The Balaban J connectivity index is 0.000000346. The highest BCUT2D eigenvalue weighted by atomic mass is 19.4. The molecule has 0 amide bonds. The fourth-order valence-corrected chi connectivity index (χ4v) is 1.92. The van der Waals surface area contributed by atoms with E-state index in [9.17, 15) is 35.9 Å². The van der Waals surface area contributed by atoms with Crippen LogP contribution < -0.4 is 11.1 Å². The van der Waals surface area contributed by atoms with E-state index in [-0.39, 0.29) is 11.4 Å². The van der Waals surface area contributed by atoms with Crippen molar-refractivity contribution in [1.82, 2.24) is 0 Å². The van der Waals surface area contributed by atoms with Crippen LogP contribution in [0.2, 0.25) is 0 Å². The summed E-state index contributed by atoms with van der Waals surface area (Å²) in [4.78, 5) is 21.1. The number of hydrogen-bond acceptors (Lipinski definition) is 4. The van der Waals surface area contributed by atoms with Crippen LogP contribution in [0.5, 0.6) is 0 Å². The van der Waals surface area contributed by atoms with Gasteiger partial charge in [0.25, 0.3) is 0 Å². The smallest absolute Gasteiger partial charge is 0.416 e. The predicted octanol–water partition coefficient (Wildman–Crippen LogP) is 4.46. The van der Waals surface area contributed by atoms with Gasteiger partial charge in [0, 0.05) is 11.4 Å². The molecule has 0 aromatic heterocycles. The van der Waals surface area contributed by atoms with Crippen LogP contribution in [0.25, 0.3) is 0 Å². The summed E-state index contributed by atoms with van der Waals surface area (Å²) in [7, 11) is 0. The van der Waals surface area contributed by atoms with Crippen molar-refractivity contribution in [3.05, 3.63) is 71.4 Å². The van der Waals surface area contributed by atoms with Crippen molar-refractivity contribution in [3.8, 4) is 0 Å². The molecule has 0 fully saturated rings. The Morgan fingerprint density at radius 3 is 1.77 bits per heavy atom. The lowest BCUT2D eigenvalue weighted by atomic mass is 10.2. The van der Waals surface area contributed by atoms with Gasteiger partial charge in [-0.05, 0) is 36.4 Å². The number of nitrogens with two attached hydrogens (primary N) is 1. The highest BCUT2D eigenvalue weighted by Crippen LogP contribution is 2.31. The average Bonchev–Trinajstić information content (AvgIpc) is 2.60. The van der Waals surface area contributed by atoms with E-state index in [4.69, 9.17) is 15.9 Å². The average molecular weight is 436 g/mol. The molecule has 0 saturated heterocycles. The fourth-order valence-electron chi connectivity index (χ4n) is 1.92. The van der Waals surface area contributed by atoms with Gasteiger partial charge < -0.3 is 21.3 Å². The number of nitrogen functional groups attached to an aromatic ring is 1. The minimum absolute atomic E-state index is 0.125. The predicted molar refractivity (Wildman–Crippen MR) is 94.3 cm³/mol.